The molecule has 0 bridgehead atoms. The molecule has 2 unspecified atom stereocenters. The predicted octanol–water partition coefficient (Wildman–Crippen LogP) is 1.88. The van der Waals surface area contributed by atoms with E-state index in [0.717, 1.165) is 4.47 Å². The van der Waals surface area contributed by atoms with Crippen LogP contribution in [0.1, 0.15) is 18.1 Å². The van der Waals surface area contributed by atoms with Gasteiger partial charge in [-0.1, -0.05) is 27.5 Å². The molecule has 1 aromatic carbocycles. The van der Waals surface area contributed by atoms with Crippen molar-refractivity contribution in [1.29, 1.82) is 0 Å². The van der Waals surface area contributed by atoms with Crippen LogP contribution in [0.4, 0.5) is 0 Å². The molecule has 0 radical (unpaired) electrons. The Bertz CT molecular complexity index is 332. The zero-order valence-electron chi connectivity index (χ0n) is 7.90. The van der Waals surface area contributed by atoms with Gasteiger partial charge in [0.2, 0.25) is 0 Å². The van der Waals surface area contributed by atoms with Crippen molar-refractivity contribution in [2.24, 2.45) is 0 Å². The summed E-state index contributed by atoms with van der Waals surface area (Å²) in [6, 6.07) is 5.03. The summed E-state index contributed by atoms with van der Waals surface area (Å²) in [5.74, 6) is 0. The first-order chi connectivity index (χ1) is 7.06. The fraction of sp³-hybridized carbons (Fsp3) is 0.400. The van der Waals surface area contributed by atoms with E-state index in [4.69, 9.17) is 16.7 Å². The van der Waals surface area contributed by atoms with Crippen molar-refractivity contribution in [3.8, 4) is 0 Å². The molecule has 1 rings (SSSR count). The van der Waals surface area contributed by atoms with Gasteiger partial charge in [0.05, 0.1) is 6.10 Å². The maximum absolute atomic E-state index is 9.76. The molecule has 5 heteroatoms. The maximum Gasteiger partial charge on any atom is 0.106 e. The van der Waals surface area contributed by atoms with Crippen LogP contribution in [-0.2, 0) is 0 Å². The second-order valence-electron chi connectivity index (χ2n) is 3.19. The standard InChI is InChI=1S/C10H12BrClO3/c11-6-1-2-8(12)7(5-6)10(15)9(14)3-4-13/h1-2,5,9-10,13-15H,3-4H2. The second kappa shape index (κ2) is 5.82. The Morgan fingerprint density at radius 2 is 2.00 bits per heavy atom. The molecule has 2 atom stereocenters. The number of aliphatic hydroxyl groups is 3. The van der Waals surface area contributed by atoms with Crippen LogP contribution in [0.25, 0.3) is 0 Å². The second-order valence-corrected chi connectivity index (χ2v) is 4.51. The smallest absolute Gasteiger partial charge is 0.106 e. The Morgan fingerprint density at radius 3 is 2.60 bits per heavy atom. The molecule has 0 fully saturated rings. The first-order valence-electron chi connectivity index (χ1n) is 4.48. The van der Waals surface area contributed by atoms with Crippen molar-refractivity contribution in [3.05, 3.63) is 33.3 Å². The van der Waals surface area contributed by atoms with Gasteiger partial charge in [0.15, 0.2) is 0 Å². The van der Waals surface area contributed by atoms with Gasteiger partial charge in [-0.25, -0.2) is 0 Å². The van der Waals surface area contributed by atoms with Crippen LogP contribution in [0.15, 0.2) is 22.7 Å². The Balaban J connectivity index is 2.89. The average molecular weight is 296 g/mol. The molecule has 0 aliphatic rings. The number of halogens is 2. The lowest BCUT2D eigenvalue weighted by atomic mass is 10.0. The van der Waals surface area contributed by atoms with Gasteiger partial charge in [0.1, 0.15) is 6.10 Å². The fourth-order valence-electron chi connectivity index (χ4n) is 1.24. The molecule has 0 aliphatic carbocycles. The van der Waals surface area contributed by atoms with Gasteiger partial charge in [0, 0.05) is 21.7 Å². The lowest BCUT2D eigenvalue weighted by molar-refractivity contribution is 0.00424. The summed E-state index contributed by atoms with van der Waals surface area (Å²) in [5.41, 5.74) is 0.451. The quantitative estimate of drug-likeness (QED) is 0.795. The molecule has 0 aliphatic heterocycles. The Kier molecular flexibility index (Phi) is 5.02. The highest BCUT2D eigenvalue weighted by molar-refractivity contribution is 9.10. The van der Waals surface area contributed by atoms with E-state index < -0.39 is 12.2 Å². The van der Waals surface area contributed by atoms with Crippen LogP contribution in [0, 0.1) is 0 Å². The zero-order chi connectivity index (χ0) is 11.4. The van der Waals surface area contributed by atoms with E-state index in [1.54, 1.807) is 18.2 Å². The minimum atomic E-state index is -1.08. The number of rotatable bonds is 4. The van der Waals surface area contributed by atoms with Gasteiger partial charge in [-0.05, 0) is 24.6 Å². The number of hydrogen-bond donors (Lipinski definition) is 3. The molecule has 0 aromatic heterocycles. The Labute approximate surface area is 101 Å². The summed E-state index contributed by atoms with van der Waals surface area (Å²) in [6.07, 6.45) is -1.98. The molecular weight excluding hydrogens is 283 g/mol. The minimum absolute atomic E-state index is 0.115. The summed E-state index contributed by atoms with van der Waals surface area (Å²) < 4.78 is 0.775. The van der Waals surface area contributed by atoms with Crippen molar-refractivity contribution in [2.75, 3.05) is 6.61 Å². The van der Waals surface area contributed by atoms with Gasteiger partial charge in [-0.15, -0.1) is 0 Å². The van der Waals surface area contributed by atoms with Gasteiger partial charge < -0.3 is 15.3 Å². The van der Waals surface area contributed by atoms with E-state index in [-0.39, 0.29) is 13.0 Å². The van der Waals surface area contributed by atoms with Crippen LogP contribution < -0.4 is 0 Å². The predicted molar refractivity (Wildman–Crippen MR) is 61.8 cm³/mol. The molecule has 0 saturated carbocycles. The highest BCUT2D eigenvalue weighted by Gasteiger charge is 2.20. The molecule has 15 heavy (non-hydrogen) atoms. The van der Waals surface area contributed by atoms with Crippen molar-refractivity contribution < 1.29 is 15.3 Å². The van der Waals surface area contributed by atoms with Crippen LogP contribution >= 0.6 is 27.5 Å². The summed E-state index contributed by atoms with van der Waals surface area (Å²) >= 11 is 9.13. The highest BCUT2D eigenvalue weighted by atomic mass is 79.9. The summed E-state index contributed by atoms with van der Waals surface area (Å²) in [5, 5.41) is 28.3. The first kappa shape index (κ1) is 12.9. The van der Waals surface area contributed by atoms with E-state index in [1.165, 1.54) is 0 Å². The van der Waals surface area contributed by atoms with Crippen molar-refractivity contribution in [1.82, 2.24) is 0 Å². The lowest BCUT2D eigenvalue weighted by Crippen LogP contribution is -2.19. The minimum Gasteiger partial charge on any atom is -0.396 e. The van der Waals surface area contributed by atoms with Crippen molar-refractivity contribution in [3.63, 3.8) is 0 Å². The maximum atomic E-state index is 9.76. The SMILES string of the molecule is OCCC(O)C(O)c1cc(Br)ccc1Cl. The summed E-state index contributed by atoms with van der Waals surface area (Å²) in [7, 11) is 0. The number of benzene rings is 1. The van der Waals surface area contributed by atoms with Gasteiger partial charge in [-0.3, -0.25) is 0 Å². The molecule has 3 N–H and O–H groups in total. The fourth-order valence-corrected chi connectivity index (χ4v) is 1.85. The largest absolute Gasteiger partial charge is 0.396 e. The van der Waals surface area contributed by atoms with Crippen molar-refractivity contribution >= 4 is 27.5 Å². The molecular formula is C10H12BrClO3. The third-order valence-electron chi connectivity index (χ3n) is 2.07. The normalized spacial score (nSPS) is 15.0. The third kappa shape index (κ3) is 3.43. The molecule has 1 aromatic rings. The summed E-state index contributed by atoms with van der Waals surface area (Å²) in [4.78, 5) is 0. The van der Waals surface area contributed by atoms with Gasteiger partial charge in [0.25, 0.3) is 0 Å². The Hall–Kier alpha value is -0.130. The van der Waals surface area contributed by atoms with E-state index in [9.17, 15) is 10.2 Å². The summed E-state index contributed by atoms with van der Waals surface area (Å²) in [6.45, 7) is -0.177. The van der Waals surface area contributed by atoms with Crippen molar-refractivity contribution in [2.45, 2.75) is 18.6 Å². The van der Waals surface area contributed by atoms with Crippen LogP contribution in [0.3, 0.4) is 0 Å². The highest BCUT2D eigenvalue weighted by Crippen LogP contribution is 2.29. The lowest BCUT2D eigenvalue weighted by Gasteiger charge is -2.18. The molecule has 0 saturated heterocycles. The molecule has 84 valence electrons. The van der Waals surface area contributed by atoms with E-state index in [0.29, 0.717) is 10.6 Å². The monoisotopic (exact) mass is 294 g/mol. The van der Waals surface area contributed by atoms with E-state index in [2.05, 4.69) is 15.9 Å². The van der Waals surface area contributed by atoms with Crippen LogP contribution in [0.2, 0.25) is 5.02 Å². The topological polar surface area (TPSA) is 60.7 Å². The average Bonchev–Trinajstić information content (AvgIpc) is 2.21. The van der Waals surface area contributed by atoms with Crippen LogP contribution in [0.5, 0.6) is 0 Å². The molecule has 0 heterocycles. The molecule has 3 nitrogen and oxygen atoms in total. The third-order valence-corrected chi connectivity index (χ3v) is 2.90. The Morgan fingerprint density at radius 1 is 1.33 bits per heavy atom. The van der Waals surface area contributed by atoms with E-state index >= 15 is 0 Å². The molecule has 0 amide bonds. The molecule has 0 spiro atoms. The van der Waals surface area contributed by atoms with E-state index in [1.807, 2.05) is 0 Å². The van der Waals surface area contributed by atoms with Crippen LogP contribution in [-0.4, -0.2) is 28.0 Å². The first-order valence-corrected chi connectivity index (χ1v) is 5.65. The van der Waals surface area contributed by atoms with Gasteiger partial charge >= 0.3 is 0 Å². The number of aliphatic hydroxyl groups excluding tert-OH is 3. The van der Waals surface area contributed by atoms with Gasteiger partial charge in [-0.2, -0.15) is 0 Å². The zero-order valence-corrected chi connectivity index (χ0v) is 10.2. The number of hydrogen-bond acceptors (Lipinski definition) is 3.